The minimum Gasteiger partial charge on any atom is -0.490 e. The van der Waals surface area contributed by atoms with E-state index >= 15 is 0 Å². The molecule has 116 valence electrons. The van der Waals surface area contributed by atoms with Crippen LogP contribution in [0.4, 0.5) is 0 Å². The van der Waals surface area contributed by atoms with Crippen LogP contribution in [-0.4, -0.2) is 33.0 Å². The summed E-state index contributed by atoms with van der Waals surface area (Å²) >= 11 is 3.48. The number of nitrogens with one attached hydrogen (secondary N) is 1. The summed E-state index contributed by atoms with van der Waals surface area (Å²) in [6.45, 7) is 6.29. The van der Waals surface area contributed by atoms with Gasteiger partial charge < -0.3 is 19.5 Å². The predicted octanol–water partition coefficient (Wildman–Crippen LogP) is 2.87. The Balaban J connectivity index is 2.87. The number of benzene rings is 1. The summed E-state index contributed by atoms with van der Waals surface area (Å²) in [5.74, 6) is 1.20. The number of halogens is 1. The van der Waals surface area contributed by atoms with Gasteiger partial charge in [0.2, 0.25) is 0 Å². The van der Waals surface area contributed by atoms with Crippen molar-refractivity contribution < 1.29 is 14.2 Å². The lowest BCUT2D eigenvalue weighted by Gasteiger charge is -2.16. The van der Waals surface area contributed by atoms with Crippen LogP contribution in [0.2, 0.25) is 0 Å². The van der Waals surface area contributed by atoms with E-state index in [4.69, 9.17) is 19.5 Å². The zero-order valence-corrected chi connectivity index (χ0v) is 14.2. The van der Waals surface area contributed by atoms with Gasteiger partial charge in [-0.3, -0.25) is 0 Å². The molecule has 1 rings (SSSR count). The maximum atomic E-state index is 8.88. The highest BCUT2D eigenvalue weighted by molar-refractivity contribution is 9.10. The van der Waals surface area contributed by atoms with Crippen molar-refractivity contribution in [3.8, 4) is 17.6 Å². The molecule has 0 aliphatic heterocycles. The molecule has 0 saturated heterocycles. The van der Waals surface area contributed by atoms with E-state index in [1.165, 1.54) is 0 Å². The fourth-order valence-corrected chi connectivity index (χ4v) is 2.29. The molecular formula is C15H21BrN2O3. The summed E-state index contributed by atoms with van der Waals surface area (Å²) in [6, 6.07) is 5.93. The molecule has 1 aromatic rings. The second kappa shape index (κ2) is 9.61. The summed E-state index contributed by atoms with van der Waals surface area (Å²) in [7, 11) is 1.67. The van der Waals surface area contributed by atoms with Gasteiger partial charge in [0, 0.05) is 20.2 Å². The third kappa shape index (κ3) is 5.92. The maximum Gasteiger partial charge on any atom is 0.181 e. The molecule has 21 heavy (non-hydrogen) atoms. The van der Waals surface area contributed by atoms with Crippen molar-refractivity contribution in [3.63, 3.8) is 0 Å². The lowest BCUT2D eigenvalue weighted by atomic mass is 10.2. The molecule has 1 aromatic carbocycles. The van der Waals surface area contributed by atoms with Crippen molar-refractivity contribution >= 4 is 15.9 Å². The lowest BCUT2D eigenvalue weighted by molar-refractivity contribution is 0.199. The van der Waals surface area contributed by atoms with E-state index in [1.807, 2.05) is 25.1 Å². The number of methoxy groups -OCH3 is 1. The lowest BCUT2D eigenvalue weighted by Crippen LogP contribution is -2.18. The molecule has 0 heterocycles. The van der Waals surface area contributed by atoms with E-state index < -0.39 is 6.10 Å². The average molecular weight is 357 g/mol. The van der Waals surface area contributed by atoms with Crippen LogP contribution >= 0.6 is 15.9 Å². The number of rotatable bonds is 9. The summed E-state index contributed by atoms with van der Waals surface area (Å²) in [5, 5.41) is 12.2. The Kier molecular flexibility index (Phi) is 8.13. The van der Waals surface area contributed by atoms with Gasteiger partial charge in [-0.1, -0.05) is 0 Å². The molecule has 0 saturated carbocycles. The van der Waals surface area contributed by atoms with Crippen LogP contribution in [0.5, 0.6) is 11.5 Å². The molecule has 0 spiro atoms. The Labute approximate surface area is 134 Å². The van der Waals surface area contributed by atoms with E-state index in [0.29, 0.717) is 31.3 Å². The van der Waals surface area contributed by atoms with E-state index in [0.717, 1.165) is 16.6 Å². The van der Waals surface area contributed by atoms with Crippen LogP contribution < -0.4 is 14.8 Å². The molecule has 0 fully saturated rings. The highest BCUT2D eigenvalue weighted by Gasteiger charge is 2.14. The fourth-order valence-electron chi connectivity index (χ4n) is 1.71. The number of hydrogen-bond acceptors (Lipinski definition) is 5. The highest BCUT2D eigenvalue weighted by atomic mass is 79.9. The second-order valence-electron chi connectivity index (χ2n) is 4.40. The normalized spacial score (nSPS) is 11.8. The molecule has 0 amide bonds. The molecule has 0 aliphatic rings. The van der Waals surface area contributed by atoms with E-state index in [-0.39, 0.29) is 0 Å². The van der Waals surface area contributed by atoms with Gasteiger partial charge in [0.25, 0.3) is 0 Å². The van der Waals surface area contributed by atoms with Crippen molar-refractivity contribution in [1.29, 1.82) is 5.26 Å². The third-order valence-electron chi connectivity index (χ3n) is 2.66. The standard InChI is InChI=1S/C15H21BrN2O3/c1-4-20-14-8-12(10-18-5-6-19-3)7-13(16)15(14)21-11(2)9-17/h7-8,11,18H,4-6,10H2,1-3H3. The predicted molar refractivity (Wildman–Crippen MR) is 84.6 cm³/mol. The quantitative estimate of drug-likeness (QED) is 0.689. The molecule has 1 atom stereocenters. The van der Waals surface area contributed by atoms with Crippen LogP contribution in [0.3, 0.4) is 0 Å². The van der Waals surface area contributed by atoms with Gasteiger partial charge in [0.05, 0.1) is 17.7 Å². The van der Waals surface area contributed by atoms with E-state index in [2.05, 4.69) is 21.2 Å². The Morgan fingerprint density at radius 1 is 1.43 bits per heavy atom. The van der Waals surface area contributed by atoms with Gasteiger partial charge in [-0.15, -0.1) is 0 Å². The molecule has 6 heteroatoms. The third-order valence-corrected chi connectivity index (χ3v) is 3.25. The Hall–Kier alpha value is -1.29. The largest absolute Gasteiger partial charge is 0.490 e. The highest BCUT2D eigenvalue weighted by Crippen LogP contribution is 2.37. The van der Waals surface area contributed by atoms with Gasteiger partial charge in [-0.25, -0.2) is 0 Å². The first-order valence-electron chi connectivity index (χ1n) is 6.83. The minimum atomic E-state index is -0.536. The Morgan fingerprint density at radius 3 is 2.81 bits per heavy atom. The summed E-state index contributed by atoms with van der Waals surface area (Å²) in [6.07, 6.45) is -0.536. The number of nitriles is 1. The van der Waals surface area contributed by atoms with Gasteiger partial charge in [-0.2, -0.15) is 5.26 Å². The molecular weight excluding hydrogens is 336 g/mol. The monoisotopic (exact) mass is 356 g/mol. The molecule has 0 bridgehead atoms. The molecule has 0 radical (unpaired) electrons. The van der Waals surface area contributed by atoms with E-state index in [9.17, 15) is 0 Å². The van der Waals surface area contributed by atoms with Crippen LogP contribution in [0, 0.1) is 11.3 Å². The summed E-state index contributed by atoms with van der Waals surface area (Å²) < 4.78 is 17.0. The zero-order chi connectivity index (χ0) is 15.7. The maximum absolute atomic E-state index is 8.88. The molecule has 1 N–H and O–H groups in total. The van der Waals surface area contributed by atoms with Crippen molar-refractivity contribution in [2.24, 2.45) is 0 Å². The Morgan fingerprint density at radius 2 is 2.19 bits per heavy atom. The minimum absolute atomic E-state index is 0.532. The van der Waals surface area contributed by atoms with Gasteiger partial charge >= 0.3 is 0 Å². The van der Waals surface area contributed by atoms with Crippen molar-refractivity contribution in [3.05, 3.63) is 22.2 Å². The van der Waals surface area contributed by atoms with E-state index in [1.54, 1.807) is 14.0 Å². The number of ether oxygens (including phenoxy) is 3. The first-order chi connectivity index (χ1) is 10.1. The van der Waals surface area contributed by atoms with Crippen LogP contribution in [0.15, 0.2) is 16.6 Å². The number of nitrogens with zero attached hydrogens (tertiary/aromatic N) is 1. The summed E-state index contributed by atoms with van der Waals surface area (Å²) in [4.78, 5) is 0. The number of hydrogen-bond donors (Lipinski definition) is 1. The van der Waals surface area contributed by atoms with Crippen molar-refractivity contribution in [2.75, 3.05) is 26.9 Å². The smallest absolute Gasteiger partial charge is 0.181 e. The topological polar surface area (TPSA) is 63.5 Å². The zero-order valence-electron chi connectivity index (χ0n) is 12.6. The van der Waals surface area contributed by atoms with Gasteiger partial charge in [0.1, 0.15) is 6.07 Å². The SMILES string of the molecule is CCOc1cc(CNCCOC)cc(Br)c1OC(C)C#N. The first kappa shape index (κ1) is 17.8. The molecule has 0 aliphatic carbocycles. The van der Waals surface area contributed by atoms with Gasteiger partial charge in [0.15, 0.2) is 17.6 Å². The average Bonchev–Trinajstić information content (AvgIpc) is 2.47. The van der Waals surface area contributed by atoms with Crippen molar-refractivity contribution in [1.82, 2.24) is 5.32 Å². The first-order valence-corrected chi connectivity index (χ1v) is 7.62. The fraction of sp³-hybridized carbons (Fsp3) is 0.533. The molecule has 0 aromatic heterocycles. The molecule has 5 nitrogen and oxygen atoms in total. The Bertz CT molecular complexity index is 489. The van der Waals surface area contributed by atoms with Crippen LogP contribution in [0.25, 0.3) is 0 Å². The molecule has 1 unspecified atom stereocenters. The summed E-state index contributed by atoms with van der Waals surface area (Å²) in [5.41, 5.74) is 1.07. The van der Waals surface area contributed by atoms with Crippen molar-refractivity contribution in [2.45, 2.75) is 26.5 Å². The van der Waals surface area contributed by atoms with Crippen LogP contribution in [-0.2, 0) is 11.3 Å². The second-order valence-corrected chi connectivity index (χ2v) is 5.25. The van der Waals surface area contributed by atoms with Crippen LogP contribution in [0.1, 0.15) is 19.4 Å². The van der Waals surface area contributed by atoms with Gasteiger partial charge in [-0.05, 0) is 47.5 Å².